The summed E-state index contributed by atoms with van der Waals surface area (Å²) in [5, 5.41) is 8.96. The number of carboxylic acid groups (broad SMARTS) is 1. The number of ether oxygens (including phenoxy) is 1. The lowest BCUT2D eigenvalue weighted by Crippen LogP contribution is -2.03. The van der Waals surface area contributed by atoms with E-state index in [9.17, 15) is 13.6 Å². The van der Waals surface area contributed by atoms with Crippen molar-refractivity contribution in [1.82, 2.24) is 4.98 Å². The van der Waals surface area contributed by atoms with E-state index < -0.39 is 17.6 Å². The monoisotopic (exact) mass is 239 g/mol. The minimum absolute atomic E-state index is 0.0701. The molecule has 0 aliphatic carbocycles. The predicted octanol–water partition coefficient (Wildman–Crippen LogP) is 2.22. The van der Waals surface area contributed by atoms with Gasteiger partial charge in [0.25, 0.3) is 0 Å². The van der Waals surface area contributed by atoms with Crippen LogP contribution >= 0.6 is 0 Å². The zero-order valence-corrected chi connectivity index (χ0v) is 8.70. The van der Waals surface area contributed by atoms with E-state index in [2.05, 4.69) is 4.98 Å². The molecule has 0 bridgehead atoms. The van der Waals surface area contributed by atoms with Crippen LogP contribution < -0.4 is 4.74 Å². The van der Waals surface area contributed by atoms with Gasteiger partial charge in [0.1, 0.15) is 16.9 Å². The highest BCUT2D eigenvalue weighted by molar-refractivity contribution is 5.95. The Balaban J connectivity index is 2.83. The van der Waals surface area contributed by atoms with Gasteiger partial charge in [0.05, 0.1) is 7.11 Å². The highest BCUT2D eigenvalue weighted by Gasteiger charge is 2.16. The lowest BCUT2D eigenvalue weighted by atomic mass is 10.1. The number of hydrogen-bond acceptors (Lipinski definition) is 3. The minimum Gasteiger partial charge on any atom is -0.480 e. The van der Waals surface area contributed by atoms with E-state index >= 15 is 0 Å². The zero-order valence-electron chi connectivity index (χ0n) is 8.70. The lowest BCUT2D eigenvalue weighted by Gasteiger charge is -2.06. The van der Waals surface area contributed by atoms with Crippen LogP contribution in [0.4, 0.5) is 8.78 Å². The molecule has 4 nitrogen and oxygen atoms in total. The number of aromatic nitrogens is 1. The molecule has 0 radical (unpaired) electrons. The smallest absolute Gasteiger partial charge is 0.341 e. The Labute approximate surface area is 94.5 Å². The Hall–Kier alpha value is -2.24. The van der Waals surface area contributed by atoms with Crippen LogP contribution in [0.3, 0.4) is 0 Å². The van der Waals surface area contributed by atoms with Gasteiger partial charge in [0.15, 0.2) is 5.82 Å². The number of nitrogens with zero attached hydrogens (tertiary/aromatic N) is 1. The van der Waals surface area contributed by atoms with Crippen molar-refractivity contribution in [3.8, 4) is 5.88 Å². The third-order valence-electron chi connectivity index (χ3n) is 2.23. The second-order valence-corrected chi connectivity index (χ2v) is 3.31. The Morgan fingerprint density at radius 2 is 2.06 bits per heavy atom. The molecule has 0 saturated heterocycles. The molecule has 2 rings (SSSR count). The fraction of sp³-hybridized carbons (Fsp3) is 0.0909. The van der Waals surface area contributed by atoms with E-state index in [4.69, 9.17) is 9.84 Å². The van der Waals surface area contributed by atoms with Gasteiger partial charge in [-0.05, 0) is 12.1 Å². The molecule has 0 fully saturated rings. The van der Waals surface area contributed by atoms with Crippen LogP contribution in [-0.4, -0.2) is 23.2 Å². The fourth-order valence-electron chi connectivity index (χ4n) is 1.50. The van der Waals surface area contributed by atoms with Crippen molar-refractivity contribution in [2.75, 3.05) is 7.11 Å². The summed E-state index contributed by atoms with van der Waals surface area (Å²) >= 11 is 0. The standard InChI is InChI=1S/C11H7F2NO3/c1-17-10-7(11(15)16)3-5-2-6(12)4-8(13)9(5)14-10/h2-4H,1H3,(H,15,16). The number of carbonyl (C=O) groups is 1. The molecular formula is C11H7F2NO3. The number of rotatable bonds is 2. The van der Waals surface area contributed by atoms with E-state index in [0.29, 0.717) is 6.07 Å². The van der Waals surface area contributed by atoms with Crippen LogP contribution in [0.15, 0.2) is 18.2 Å². The van der Waals surface area contributed by atoms with Crippen molar-refractivity contribution >= 4 is 16.9 Å². The Bertz CT molecular complexity index is 613. The summed E-state index contributed by atoms with van der Waals surface area (Å²) in [6, 6.07) is 2.81. The van der Waals surface area contributed by atoms with E-state index in [0.717, 1.165) is 12.1 Å². The minimum atomic E-state index is -1.28. The summed E-state index contributed by atoms with van der Waals surface area (Å²) < 4.78 is 31.1. The number of pyridine rings is 1. The molecule has 0 spiro atoms. The number of benzene rings is 1. The maximum atomic E-state index is 13.4. The van der Waals surface area contributed by atoms with E-state index in [-0.39, 0.29) is 22.3 Å². The Morgan fingerprint density at radius 1 is 1.35 bits per heavy atom. The predicted molar refractivity (Wildman–Crippen MR) is 55.2 cm³/mol. The van der Waals surface area contributed by atoms with Crippen molar-refractivity contribution in [2.24, 2.45) is 0 Å². The third-order valence-corrected chi connectivity index (χ3v) is 2.23. The number of hydrogen-bond donors (Lipinski definition) is 1. The van der Waals surface area contributed by atoms with Gasteiger partial charge in [0.2, 0.25) is 5.88 Å². The van der Waals surface area contributed by atoms with E-state index in [1.807, 2.05) is 0 Å². The molecule has 0 unspecified atom stereocenters. The second kappa shape index (κ2) is 3.97. The zero-order chi connectivity index (χ0) is 12.6. The quantitative estimate of drug-likeness (QED) is 0.872. The molecule has 0 amide bonds. The van der Waals surface area contributed by atoms with Gasteiger partial charge >= 0.3 is 5.97 Å². The average Bonchev–Trinajstić information content (AvgIpc) is 2.27. The maximum absolute atomic E-state index is 13.4. The molecule has 1 N–H and O–H groups in total. The van der Waals surface area contributed by atoms with Gasteiger partial charge in [0, 0.05) is 11.5 Å². The van der Waals surface area contributed by atoms with Crippen molar-refractivity contribution in [2.45, 2.75) is 0 Å². The Morgan fingerprint density at radius 3 is 2.65 bits per heavy atom. The van der Waals surface area contributed by atoms with Crippen LogP contribution in [0.25, 0.3) is 10.9 Å². The van der Waals surface area contributed by atoms with Crippen molar-refractivity contribution < 1.29 is 23.4 Å². The van der Waals surface area contributed by atoms with Gasteiger partial charge in [-0.3, -0.25) is 0 Å². The fourth-order valence-corrected chi connectivity index (χ4v) is 1.50. The number of fused-ring (bicyclic) bond motifs is 1. The second-order valence-electron chi connectivity index (χ2n) is 3.31. The SMILES string of the molecule is COc1nc2c(F)cc(F)cc2cc1C(=O)O. The largest absolute Gasteiger partial charge is 0.480 e. The summed E-state index contributed by atoms with van der Waals surface area (Å²) in [7, 11) is 1.22. The molecule has 0 saturated carbocycles. The molecule has 1 heterocycles. The molecule has 0 aliphatic heterocycles. The van der Waals surface area contributed by atoms with Crippen molar-refractivity contribution in [3.63, 3.8) is 0 Å². The normalized spacial score (nSPS) is 10.5. The summed E-state index contributed by atoms with van der Waals surface area (Å²) in [6.07, 6.45) is 0. The van der Waals surface area contributed by atoms with Crippen LogP contribution in [0.5, 0.6) is 5.88 Å². The molecule has 1 aromatic heterocycles. The van der Waals surface area contributed by atoms with Gasteiger partial charge in [-0.25, -0.2) is 18.6 Å². The van der Waals surface area contributed by atoms with Gasteiger partial charge < -0.3 is 9.84 Å². The van der Waals surface area contributed by atoms with Gasteiger partial charge in [-0.2, -0.15) is 0 Å². The number of aromatic carboxylic acids is 1. The summed E-state index contributed by atoms with van der Waals surface area (Å²) in [5.41, 5.74) is -0.377. The molecule has 88 valence electrons. The molecule has 0 aliphatic rings. The molecule has 0 atom stereocenters. The molecule has 1 aromatic carbocycles. The molecule has 17 heavy (non-hydrogen) atoms. The van der Waals surface area contributed by atoms with Crippen molar-refractivity contribution in [1.29, 1.82) is 0 Å². The van der Waals surface area contributed by atoms with Crippen LogP contribution in [0.1, 0.15) is 10.4 Å². The highest BCUT2D eigenvalue weighted by Crippen LogP contribution is 2.24. The lowest BCUT2D eigenvalue weighted by molar-refractivity contribution is 0.0692. The molecule has 6 heteroatoms. The first-order chi connectivity index (χ1) is 8.02. The van der Waals surface area contributed by atoms with E-state index in [1.54, 1.807) is 0 Å². The van der Waals surface area contributed by atoms with Crippen LogP contribution in [0.2, 0.25) is 0 Å². The third kappa shape index (κ3) is 1.89. The summed E-state index contributed by atoms with van der Waals surface area (Å²) in [4.78, 5) is 14.6. The summed E-state index contributed by atoms with van der Waals surface area (Å²) in [5.74, 6) is -3.15. The highest BCUT2D eigenvalue weighted by atomic mass is 19.1. The molecule has 2 aromatic rings. The first kappa shape index (κ1) is 11.3. The number of methoxy groups -OCH3 is 1. The van der Waals surface area contributed by atoms with Gasteiger partial charge in [-0.15, -0.1) is 0 Å². The number of carboxylic acids is 1. The first-order valence-corrected chi connectivity index (χ1v) is 4.60. The van der Waals surface area contributed by atoms with Crippen LogP contribution in [0, 0.1) is 11.6 Å². The Kier molecular flexibility index (Phi) is 2.63. The average molecular weight is 239 g/mol. The maximum Gasteiger partial charge on any atom is 0.341 e. The first-order valence-electron chi connectivity index (χ1n) is 4.60. The topological polar surface area (TPSA) is 59.4 Å². The van der Waals surface area contributed by atoms with Crippen molar-refractivity contribution in [3.05, 3.63) is 35.4 Å². The summed E-state index contributed by atoms with van der Waals surface area (Å²) in [6.45, 7) is 0. The molecular weight excluding hydrogens is 232 g/mol. The number of halogens is 2. The van der Waals surface area contributed by atoms with Crippen LogP contribution in [-0.2, 0) is 0 Å². The van der Waals surface area contributed by atoms with Gasteiger partial charge in [-0.1, -0.05) is 0 Å². The van der Waals surface area contributed by atoms with E-state index in [1.165, 1.54) is 7.11 Å².